The van der Waals surface area contributed by atoms with Crippen molar-refractivity contribution in [3.05, 3.63) is 26.1 Å². The Kier molecular flexibility index (Phi) is 8.11. The summed E-state index contributed by atoms with van der Waals surface area (Å²) in [5.41, 5.74) is 0.923. The highest BCUT2D eigenvalue weighted by Crippen LogP contribution is 2.24. The molecule has 1 aliphatic rings. The van der Waals surface area contributed by atoms with Gasteiger partial charge in [-0.25, -0.2) is 9.97 Å². The molecule has 0 fully saturated rings. The molecule has 1 unspecified atom stereocenters. The standard InChI is InChI=1S/C18H22ClN7O3S3/c1-25(2)17(29)10(6-20-15(30)13(27)24-18-21-7-12(19)32-18)22-14(28)16-23-9-4-5-26(3)8-11(9)31-16/h7,10H,4-6,8H2,1-3H3,(H,20,30)(H,22,28)(H,21,24,27). The summed E-state index contributed by atoms with van der Waals surface area (Å²) in [6.45, 7) is 1.56. The predicted molar refractivity (Wildman–Crippen MR) is 128 cm³/mol. The molecule has 3 N–H and O–H groups in total. The van der Waals surface area contributed by atoms with Gasteiger partial charge in [0, 0.05) is 45.0 Å². The van der Waals surface area contributed by atoms with Gasteiger partial charge in [0.15, 0.2) is 15.1 Å². The van der Waals surface area contributed by atoms with Crippen molar-refractivity contribution in [1.29, 1.82) is 0 Å². The third-order valence-corrected chi connectivity index (χ3v) is 6.97. The van der Waals surface area contributed by atoms with Crippen molar-refractivity contribution in [2.45, 2.75) is 19.0 Å². The molecule has 0 saturated heterocycles. The van der Waals surface area contributed by atoms with E-state index in [9.17, 15) is 14.4 Å². The summed E-state index contributed by atoms with van der Waals surface area (Å²) in [7, 11) is 5.18. The van der Waals surface area contributed by atoms with Crippen molar-refractivity contribution in [2.75, 3.05) is 39.5 Å². The summed E-state index contributed by atoms with van der Waals surface area (Å²) < 4.78 is 0.425. The van der Waals surface area contributed by atoms with Crippen molar-refractivity contribution in [3.63, 3.8) is 0 Å². The fourth-order valence-electron chi connectivity index (χ4n) is 2.89. The minimum atomic E-state index is -0.943. The van der Waals surface area contributed by atoms with E-state index in [2.05, 4.69) is 30.8 Å². The highest BCUT2D eigenvalue weighted by atomic mass is 35.5. The van der Waals surface area contributed by atoms with Crippen molar-refractivity contribution < 1.29 is 14.4 Å². The molecule has 0 bridgehead atoms. The molecule has 1 atom stereocenters. The normalized spacial score (nSPS) is 14.2. The molecular formula is C18H22ClN7O3S3. The van der Waals surface area contributed by atoms with Crippen molar-refractivity contribution in [2.24, 2.45) is 0 Å². The van der Waals surface area contributed by atoms with Crippen LogP contribution in [0.3, 0.4) is 0 Å². The van der Waals surface area contributed by atoms with Gasteiger partial charge in [-0.15, -0.1) is 11.3 Å². The maximum atomic E-state index is 12.8. The van der Waals surface area contributed by atoms with Gasteiger partial charge in [0.25, 0.3) is 11.8 Å². The number of carbonyl (C=O) groups is 3. The van der Waals surface area contributed by atoms with Crippen LogP contribution in [0.2, 0.25) is 4.34 Å². The summed E-state index contributed by atoms with van der Waals surface area (Å²) in [5, 5.41) is 8.57. The lowest BCUT2D eigenvalue weighted by Gasteiger charge is -2.22. The molecule has 3 rings (SSSR count). The molecule has 2 aromatic rings. The Labute approximate surface area is 203 Å². The first-order chi connectivity index (χ1) is 15.1. The predicted octanol–water partition coefficient (Wildman–Crippen LogP) is 0.983. The van der Waals surface area contributed by atoms with Gasteiger partial charge in [-0.3, -0.25) is 19.7 Å². The minimum absolute atomic E-state index is 0.0680. The molecule has 1 aliphatic heterocycles. The second-order valence-corrected chi connectivity index (χ2v) is 10.4. The summed E-state index contributed by atoms with van der Waals surface area (Å²) in [4.78, 5) is 50.4. The molecule has 0 aliphatic carbocycles. The Bertz CT molecular complexity index is 1040. The zero-order chi connectivity index (χ0) is 23.4. The number of nitrogens with one attached hydrogen (secondary N) is 3. The first-order valence-electron chi connectivity index (χ1n) is 9.53. The van der Waals surface area contributed by atoms with Gasteiger partial charge < -0.3 is 20.4 Å². The van der Waals surface area contributed by atoms with Crippen LogP contribution >= 0.6 is 46.5 Å². The van der Waals surface area contributed by atoms with Gasteiger partial charge in [0.05, 0.1) is 11.9 Å². The number of nitrogens with zero attached hydrogens (tertiary/aromatic N) is 4. The number of anilines is 1. The lowest BCUT2D eigenvalue weighted by molar-refractivity contribution is -0.130. The summed E-state index contributed by atoms with van der Waals surface area (Å²) in [6.07, 6.45) is 2.19. The number of thiocarbonyl (C=S) groups is 1. The van der Waals surface area contributed by atoms with Crippen molar-refractivity contribution in [3.8, 4) is 0 Å². The monoisotopic (exact) mass is 515 g/mol. The highest BCUT2D eigenvalue weighted by Gasteiger charge is 2.27. The molecular weight excluding hydrogens is 494 g/mol. The van der Waals surface area contributed by atoms with E-state index < -0.39 is 17.9 Å². The third kappa shape index (κ3) is 6.19. The SMILES string of the molecule is CN1CCc2nc(C(=O)NC(CNC(=S)C(=O)Nc3ncc(Cl)s3)C(=O)N(C)C)sc2C1. The van der Waals surface area contributed by atoms with Crippen molar-refractivity contribution in [1.82, 2.24) is 30.4 Å². The molecule has 14 heteroatoms. The van der Waals surface area contributed by atoms with E-state index in [-0.39, 0.29) is 17.4 Å². The van der Waals surface area contributed by atoms with Gasteiger partial charge in [0.1, 0.15) is 10.4 Å². The van der Waals surface area contributed by atoms with Crippen LogP contribution in [0.15, 0.2) is 6.20 Å². The van der Waals surface area contributed by atoms with Crippen molar-refractivity contribution >= 4 is 74.3 Å². The van der Waals surface area contributed by atoms with E-state index >= 15 is 0 Å². The van der Waals surface area contributed by atoms with Crippen LogP contribution in [0, 0.1) is 0 Å². The van der Waals surface area contributed by atoms with E-state index in [1.807, 2.05) is 7.05 Å². The van der Waals surface area contributed by atoms with Crippen LogP contribution in [0.5, 0.6) is 0 Å². The van der Waals surface area contributed by atoms with Gasteiger partial charge in [-0.2, -0.15) is 0 Å². The first-order valence-corrected chi connectivity index (χ1v) is 12.0. The molecule has 2 aromatic heterocycles. The van der Waals surface area contributed by atoms with Crippen LogP contribution in [-0.2, 0) is 22.6 Å². The average Bonchev–Trinajstić information content (AvgIpc) is 3.35. The second kappa shape index (κ2) is 10.6. The van der Waals surface area contributed by atoms with Gasteiger partial charge in [-0.05, 0) is 7.05 Å². The van der Waals surface area contributed by atoms with Crippen LogP contribution in [0.25, 0.3) is 0 Å². The Morgan fingerprint density at radius 2 is 2.09 bits per heavy atom. The fourth-order valence-corrected chi connectivity index (χ4v) is 4.93. The lowest BCUT2D eigenvalue weighted by atomic mass is 10.2. The molecule has 3 amide bonds. The Hall–Kier alpha value is -2.19. The molecule has 0 saturated carbocycles. The van der Waals surface area contributed by atoms with E-state index in [4.69, 9.17) is 23.8 Å². The van der Waals surface area contributed by atoms with Crippen LogP contribution in [0.4, 0.5) is 5.13 Å². The van der Waals surface area contributed by atoms with E-state index in [0.29, 0.717) is 14.5 Å². The van der Waals surface area contributed by atoms with E-state index in [0.717, 1.165) is 41.4 Å². The quantitative estimate of drug-likeness (QED) is 0.487. The average molecular weight is 516 g/mol. The Morgan fingerprint density at radius 1 is 1.34 bits per heavy atom. The number of hydrogen-bond donors (Lipinski definition) is 3. The Balaban J connectivity index is 1.62. The molecule has 3 heterocycles. The number of rotatable bonds is 6. The van der Waals surface area contributed by atoms with E-state index in [1.54, 1.807) is 14.1 Å². The van der Waals surface area contributed by atoms with Crippen LogP contribution < -0.4 is 16.0 Å². The molecule has 172 valence electrons. The number of amides is 3. The highest BCUT2D eigenvalue weighted by molar-refractivity contribution is 7.82. The maximum absolute atomic E-state index is 12.8. The maximum Gasteiger partial charge on any atom is 0.284 e. The number of fused-ring (bicyclic) bond motifs is 1. The summed E-state index contributed by atoms with van der Waals surface area (Å²) in [5.74, 6) is -1.38. The Morgan fingerprint density at radius 3 is 2.75 bits per heavy atom. The first kappa shape index (κ1) is 24.5. The molecule has 0 radical (unpaired) electrons. The summed E-state index contributed by atoms with van der Waals surface area (Å²) in [6, 6.07) is -0.943. The largest absolute Gasteiger partial charge is 0.369 e. The number of hydrogen-bond acceptors (Lipinski definition) is 9. The number of thiazole rings is 2. The number of aromatic nitrogens is 2. The van der Waals surface area contributed by atoms with E-state index in [1.165, 1.54) is 22.4 Å². The number of likely N-dealkylation sites (N-methyl/N-ethyl adjacent to an activating group) is 2. The van der Waals surface area contributed by atoms with Gasteiger partial charge >= 0.3 is 0 Å². The van der Waals surface area contributed by atoms with Gasteiger partial charge in [0.2, 0.25) is 5.91 Å². The number of halogens is 1. The van der Waals surface area contributed by atoms with Gasteiger partial charge in [-0.1, -0.05) is 35.2 Å². The van der Waals surface area contributed by atoms with Crippen LogP contribution in [0.1, 0.15) is 20.4 Å². The fraction of sp³-hybridized carbons (Fsp3) is 0.444. The smallest absolute Gasteiger partial charge is 0.284 e. The molecule has 10 nitrogen and oxygen atoms in total. The lowest BCUT2D eigenvalue weighted by Crippen LogP contribution is -2.53. The third-order valence-electron chi connectivity index (χ3n) is 4.53. The number of carbonyl (C=O) groups excluding carboxylic acids is 3. The zero-order valence-corrected chi connectivity index (χ0v) is 20.8. The summed E-state index contributed by atoms with van der Waals surface area (Å²) >= 11 is 13.3. The topological polar surface area (TPSA) is 120 Å². The molecule has 0 aromatic carbocycles. The second-order valence-electron chi connectivity index (χ2n) is 7.27. The minimum Gasteiger partial charge on any atom is -0.369 e. The molecule has 0 spiro atoms. The van der Waals surface area contributed by atoms with Crippen LogP contribution in [-0.4, -0.2) is 82.8 Å². The zero-order valence-electron chi connectivity index (χ0n) is 17.6. The molecule has 32 heavy (non-hydrogen) atoms.